The second kappa shape index (κ2) is 5.60. The standard InChI is InChI=1S/C18H21NO2/c1-12-9-10-15(13(11-12)17(20)21)19-16-8-6-5-7-14(16)18(2,3)4/h5-11,19H,1-4H3,(H,20,21). The van der Waals surface area contributed by atoms with Crippen molar-refractivity contribution in [3.8, 4) is 0 Å². The maximum Gasteiger partial charge on any atom is 0.337 e. The predicted molar refractivity (Wildman–Crippen MR) is 86.6 cm³/mol. The smallest absolute Gasteiger partial charge is 0.337 e. The Morgan fingerprint density at radius 1 is 1.05 bits per heavy atom. The van der Waals surface area contributed by atoms with Gasteiger partial charge in [-0.05, 0) is 36.1 Å². The number of hydrogen-bond donors (Lipinski definition) is 2. The van der Waals surface area contributed by atoms with Crippen LogP contribution >= 0.6 is 0 Å². The molecule has 3 nitrogen and oxygen atoms in total. The lowest BCUT2D eigenvalue weighted by Crippen LogP contribution is -2.14. The number of rotatable bonds is 3. The van der Waals surface area contributed by atoms with E-state index in [0.717, 1.165) is 16.8 Å². The molecule has 0 atom stereocenters. The van der Waals surface area contributed by atoms with E-state index in [-0.39, 0.29) is 5.41 Å². The molecule has 0 saturated carbocycles. The maximum absolute atomic E-state index is 11.4. The summed E-state index contributed by atoms with van der Waals surface area (Å²) in [5.41, 5.74) is 3.92. The van der Waals surface area contributed by atoms with Gasteiger partial charge >= 0.3 is 5.97 Å². The van der Waals surface area contributed by atoms with E-state index in [9.17, 15) is 9.90 Å². The second-order valence-corrected chi connectivity index (χ2v) is 6.27. The largest absolute Gasteiger partial charge is 0.478 e. The number of carboxylic acids is 1. The van der Waals surface area contributed by atoms with Crippen LogP contribution in [0.4, 0.5) is 11.4 Å². The van der Waals surface area contributed by atoms with Crippen LogP contribution in [0.2, 0.25) is 0 Å². The Hall–Kier alpha value is -2.29. The number of aryl methyl sites for hydroxylation is 1. The SMILES string of the molecule is Cc1ccc(Nc2ccccc2C(C)(C)C)c(C(=O)O)c1. The molecule has 0 radical (unpaired) electrons. The normalized spacial score (nSPS) is 11.2. The molecule has 0 amide bonds. The molecule has 0 aromatic heterocycles. The van der Waals surface area contributed by atoms with Gasteiger partial charge in [-0.15, -0.1) is 0 Å². The molecule has 0 aliphatic rings. The summed E-state index contributed by atoms with van der Waals surface area (Å²) in [5, 5.41) is 12.6. The molecule has 0 heterocycles. The summed E-state index contributed by atoms with van der Waals surface area (Å²) in [5.74, 6) is -0.922. The fraction of sp³-hybridized carbons (Fsp3) is 0.278. The third-order valence-corrected chi connectivity index (χ3v) is 3.41. The quantitative estimate of drug-likeness (QED) is 0.855. The molecular weight excluding hydrogens is 262 g/mol. The van der Waals surface area contributed by atoms with Gasteiger partial charge in [0.2, 0.25) is 0 Å². The Morgan fingerprint density at radius 3 is 2.33 bits per heavy atom. The Labute approximate surface area is 125 Å². The Morgan fingerprint density at radius 2 is 1.71 bits per heavy atom. The van der Waals surface area contributed by atoms with Crippen molar-refractivity contribution < 1.29 is 9.90 Å². The minimum atomic E-state index is -0.922. The molecule has 2 N–H and O–H groups in total. The van der Waals surface area contributed by atoms with Crippen LogP contribution in [0.5, 0.6) is 0 Å². The van der Waals surface area contributed by atoms with Gasteiger partial charge in [0.25, 0.3) is 0 Å². The van der Waals surface area contributed by atoms with Crippen LogP contribution in [0.15, 0.2) is 42.5 Å². The third-order valence-electron chi connectivity index (χ3n) is 3.41. The van der Waals surface area contributed by atoms with E-state index < -0.39 is 5.97 Å². The number of carboxylic acid groups (broad SMARTS) is 1. The molecule has 3 heteroatoms. The third kappa shape index (κ3) is 3.43. The Kier molecular flexibility index (Phi) is 4.03. The minimum Gasteiger partial charge on any atom is -0.478 e. The van der Waals surface area contributed by atoms with Crippen molar-refractivity contribution in [2.45, 2.75) is 33.1 Å². The Balaban J connectivity index is 2.47. The highest BCUT2D eigenvalue weighted by molar-refractivity contribution is 5.95. The van der Waals surface area contributed by atoms with E-state index >= 15 is 0 Å². The molecule has 110 valence electrons. The highest BCUT2D eigenvalue weighted by Gasteiger charge is 2.18. The van der Waals surface area contributed by atoms with Crippen LogP contribution in [0.1, 0.15) is 42.3 Å². The van der Waals surface area contributed by atoms with Crippen LogP contribution in [0, 0.1) is 6.92 Å². The summed E-state index contributed by atoms with van der Waals surface area (Å²) in [6, 6.07) is 13.4. The first kappa shape index (κ1) is 15.1. The predicted octanol–water partition coefficient (Wildman–Crippen LogP) is 4.73. The first-order valence-corrected chi connectivity index (χ1v) is 6.99. The second-order valence-electron chi connectivity index (χ2n) is 6.27. The summed E-state index contributed by atoms with van der Waals surface area (Å²) in [7, 11) is 0. The van der Waals surface area contributed by atoms with Gasteiger partial charge in [-0.3, -0.25) is 0 Å². The average Bonchev–Trinajstić information content (AvgIpc) is 2.40. The summed E-state index contributed by atoms with van der Waals surface area (Å²) < 4.78 is 0. The zero-order valence-electron chi connectivity index (χ0n) is 12.9. The fourth-order valence-electron chi connectivity index (χ4n) is 2.34. The summed E-state index contributed by atoms with van der Waals surface area (Å²) in [4.78, 5) is 11.4. The van der Waals surface area contributed by atoms with Crippen molar-refractivity contribution in [3.05, 3.63) is 59.2 Å². The number of hydrogen-bond acceptors (Lipinski definition) is 2. The van der Waals surface area contributed by atoms with Gasteiger partial charge in [-0.1, -0.05) is 50.6 Å². The molecule has 0 aliphatic heterocycles. The van der Waals surface area contributed by atoms with E-state index in [1.165, 1.54) is 0 Å². The van der Waals surface area contributed by atoms with Crippen LogP contribution < -0.4 is 5.32 Å². The lowest BCUT2D eigenvalue weighted by Gasteiger charge is -2.24. The molecule has 0 unspecified atom stereocenters. The van der Waals surface area contributed by atoms with Crippen LogP contribution in [0.25, 0.3) is 0 Å². The van der Waals surface area contributed by atoms with Gasteiger partial charge in [0.15, 0.2) is 0 Å². The lowest BCUT2D eigenvalue weighted by molar-refractivity contribution is 0.0698. The molecule has 0 saturated heterocycles. The van der Waals surface area contributed by atoms with Crippen LogP contribution in [0.3, 0.4) is 0 Å². The van der Waals surface area contributed by atoms with E-state index in [4.69, 9.17) is 0 Å². The number of para-hydroxylation sites is 1. The van der Waals surface area contributed by atoms with E-state index in [1.807, 2.05) is 37.3 Å². The molecule has 0 bridgehead atoms. The zero-order valence-corrected chi connectivity index (χ0v) is 12.9. The highest BCUT2D eigenvalue weighted by atomic mass is 16.4. The molecule has 0 fully saturated rings. The van der Waals surface area contributed by atoms with Crippen molar-refractivity contribution in [1.82, 2.24) is 0 Å². The van der Waals surface area contributed by atoms with Crippen LogP contribution in [-0.4, -0.2) is 11.1 Å². The Bertz CT molecular complexity index is 669. The minimum absolute atomic E-state index is 0.0162. The lowest BCUT2D eigenvalue weighted by atomic mass is 9.85. The highest BCUT2D eigenvalue weighted by Crippen LogP contribution is 2.32. The molecular formula is C18H21NO2. The number of carbonyl (C=O) groups is 1. The summed E-state index contributed by atoms with van der Waals surface area (Å²) in [6.07, 6.45) is 0. The summed E-state index contributed by atoms with van der Waals surface area (Å²) >= 11 is 0. The van der Waals surface area contributed by atoms with Crippen molar-refractivity contribution in [3.63, 3.8) is 0 Å². The monoisotopic (exact) mass is 283 g/mol. The molecule has 21 heavy (non-hydrogen) atoms. The first-order valence-electron chi connectivity index (χ1n) is 6.99. The van der Waals surface area contributed by atoms with Crippen molar-refractivity contribution in [2.75, 3.05) is 5.32 Å². The molecule has 0 spiro atoms. The number of aromatic carboxylic acids is 1. The zero-order chi connectivity index (χ0) is 15.6. The average molecular weight is 283 g/mol. The van der Waals surface area contributed by atoms with Gasteiger partial charge in [0.05, 0.1) is 11.3 Å². The van der Waals surface area contributed by atoms with Gasteiger partial charge in [0.1, 0.15) is 0 Å². The molecule has 2 rings (SSSR count). The topological polar surface area (TPSA) is 49.3 Å². The molecule has 2 aromatic rings. The van der Waals surface area contributed by atoms with Gasteiger partial charge in [-0.25, -0.2) is 4.79 Å². The molecule has 0 aliphatic carbocycles. The van der Waals surface area contributed by atoms with E-state index in [2.05, 4.69) is 32.2 Å². The van der Waals surface area contributed by atoms with E-state index in [1.54, 1.807) is 6.07 Å². The first-order chi connectivity index (χ1) is 9.79. The maximum atomic E-state index is 11.4. The van der Waals surface area contributed by atoms with Crippen molar-refractivity contribution in [1.29, 1.82) is 0 Å². The van der Waals surface area contributed by atoms with Gasteiger partial charge < -0.3 is 10.4 Å². The molecule has 2 aromatic carbocycles. The van der Waals surface area contributed by atoms with Crippen molar-refractivity contribution in [2.24, 2.45) is 0 Å². The van der Waals surface area contributed by atoms with Gasteiger partial charge in [-0.2, -0.15) is 0 Å². The van der Waals surface area contributed by atoms with E-state index in [0.29, 0.717) is 11.3 Å². The van der Waals surface area contributed by atoms with Crippen molar-refractivity contribution >= 4 is 17.3 Å². The van der Waals surface area contributed by atoms with Crippen LogP contribution in [-0.2, 0) is 5.41 Å². The number of nitrogens with one attached hydrogen (secondary N) is 1. The van der Waals surface area contributed by atoms with Gasteiger partial charge in [0, 0.05) is 5.69 Å². The summed E-state index contributed by atoms with van der Waals surface area (Å²) in [6.45, 7) is 8.31. The number of benzene rings is 2. The number of anilines is 2. The fourth-order valence-corrected chi connectivity index (χ4v) is 2.34.